The normalized spacial score (nSPS) is 12.0. The lowest BCUT2D eigenvalue weighted by Crippen LogP contribution is -2.21. The van der Waals surface area contributed by atoms with E-state index in [1.165, 1.54) is 12.1 Å². The molecule has 4 nitrogen and oxygen atoms in total. The van der Waals surface area contributed by atoms with Crippen LogP contribution < -0.4 is 4.83 Å². The number of hydrazone groups is 1. The highest BCUT2D eigenvalue weighted by Crippen LogP contribution is 2.14. The molecule has 0 bridgehead atoms. The maximum atomic E-state index is 13.3. The van der Waals surface area contributed by atoms with Gasteiger partial charge in [-0.3, -0.25) is 0 Å². The lowest BCUT2D eigenvalue weighted by molar-refractivity contribution is 0.584. The van der Waals surface area contributed by atoms with E-state index in [2.05, 4.69) is 9.93 Å². The van der Waals surface area contributed by atoms with Crippen LogP contribution in [0.5, 0.6) is 0 Å². The number of nitrogens with one attached hydrogen (secondary N) is 1. The van der Waals surface area contributed by atoms with Crippen LogP contribution in [0.15, 0.2) is 88.9 Å². The molecule has 3 rings (SSSR count). The summed E-state index contributed by atoms with van der Waals surface area (Å²) in [6, 6.07) is 21.5. The summed E-state index contributed by atoms with van der Waals surface area (Å²) in [6.07, 6.45) is 0.828. The van der Waals surface area contributed by atoms with Gasteiger partial charge in [0.05, 0.1) is 10.6 Å². The van der Waals surface area contributed by atoms with Crippen LogP contribution in [0.4, 0.5) is 4.39 Å². The number of halogens is 1. The lowest BCUT2D eigenvalue weighted by Gasteiger charge is -2.09. The molecule has 0 spiro atoms. The van der Waals surface area contributed by atoms with Gasteiger partial charge < -0.3 is 0 Å². The number of nitrogens with zero attached hydrogens (tertiary/aromatic N) is 1. The van der Waals surface area contributed by atoms with E-state index in [1.54, 1.807) is 36.4 Å². The molecule has 0 saturated carbocycles. The van der Waals surface area contributed by atoms with Gasteiger partial charge in [0.15, 0.2) is 0 Å². The van der Waals surface area contributed by atoms with Crippen molar-refractivity contribution in [3.05, 3.63) is 101 Å². The zero-order chi connectivity index (χ0) is 19.3. The van der Waals surface area contributed by atoms with Gasteiger partial charge in [0, 0.05) is 11.1 Å². The third kappa shape index (κ3) is 4.60. The molecule has 0 aliphatic rings. The second-order valence-corrected chi connectivity index (χ2v) is 7.59. The third-order valence-corrected chi connectivity index (χ3v) is 5.31. The Bertz CT molecular complexity index is 1030. The van der Waals surface area contributed by atoms with Gasteiger partial charge in [0.25, 0.3) is 10.0 Å². The molecule has 0 radical (unpaired) electrons. The number of hydrogen-bond acceptors (Lipinski definition) is 3. The van der Waals surface area contributed by atoms with Crippen LogP contribution in [0.1, 0.15) is 23.6 Å². The zero-order valence-electron chi connectivity index (χ0n) is 14.8. The summed E-state index contributed by atoms with van der Waals surface area (Å²) in [5.41, 5.74) is 2.78. The predicted molar refractivity (Wildman–Crippen MR) is 105 cm³/mol. The Labute approximate surface area is 158 Å². The summed E-state index contributed by atoms with van der Waals surface area (Å²) in [5, 5.41) is 4.14. The molecule has 0 aliphatic carbocycles. The van der Waals surface area contributed by atoms with Gasteiger partial charge in [-0.25, -0.2) is 4.39 Å². The minimum atomic E-state index is -3.82. The van der Waals surface area contributed by atoms with E-state index in [0.717, 1.165) is 12.0 Å². The molecule has 0 aliphatic heterocycles. The topological polar surface area (TPSA) is 58.5 Å². The monoisotopic (exact) mass is 382 g/mol. The first-order valence-corrected chi connectivity index (χ1v) is 9.98. The van der Waals surface area contributed by atoms with Gasteiger partial charge >= 0.3 is 0 Å². The second kappa shape index (κ2) is 8.14. The van der Waals surface area contributed by atoms with Crippen molar-refractivity contribution in [3.8, 4) is 0 Å². The van der Waals surface area contributed by atoms with Crippen molar-refractivity contribution in [1.82, 2.24) is 4.83 Å². The number of hydrogen-bond donors (Lipinski definition) is 1. The van der Waals surface area contributed by atoms with Crippen molar-refractivity contribution >= 4 is 15.7 Å². The van der Waals surface area contributed by atoms with Crippen LogP contribution in [-0.4, -0.2) is 14.1 Å². The first-order valence-electron chi connectivity index (χ1n) is 8.49. The van der Waals surface area contributed by atoms with Crippen molar-refractivity contribution in [1.29, 1.82) is 0 Å². The van der Waals surface area contributed by atoms with Gasteiger partial charge in [-0.1, -0.05) is 49.4 Å². The van der Waals surface area contributed by atoms with E-state index in [9.17, 15) is 12.8 Å². The molecular weight excluding hydrogens is 363 g/mol. The molecule has 0 amide bonds. The van der Waals surface area contributed by atoms with Crippen LogP contribution in [0.2, 0.25) is 0 Å². The molecule has 0 aromatic heterocycles. The number of sulfonamides is 1. The second-order valence-electron chi connectivity index (χ2n) is 5.93. The molecule has 1 N–H and O–H groups in total. The van der Waals surface area contributed by atoms with Crippen LogP contribution in [-0.2, 0) is 16.4 Å². The van der Waals surface area contributed by atoms with E-state index >= 15 is 0 Å². The lowest BCUT2D eigenvalue weighted by atomic mass is 10.0. The molecule has 0 atom stereocenters. The summed E-state index contributed by atoms with van der Waals surface area (Å²) in [5.74, 6) is -0.372. The van der Waals surface area contributed by atoms with Crippen molar-refractivity contribution in [3.63, 3.8) is 0 Å². The fourth-order valence-corrected chi connectivity index (χ4v) is 3.37. The molecule has 0 heterocycles. The Hall–Kier alpha value is -2.99. The first kappa shape index (κ1) is 18.8. The van der Waals surface area contributed by atoms with E-state index in [1.807, 2.05) is 37.3 Å². The van der Waals surface area contributed by atoms with Crippen molar-refractivity contribution in [2.45, 2.75) is 18.2 Å². The van der Waals surface area contributed by atoms with Crippen LogP contribution in [0.3, 0.4) is 0 Å². The van der Waals surface area contributed by atoms with Gasteiger partial charge in [-0.05, 0) is 48.4 Å². The number of aryl methyl sites for hydroxylation is 1. The highest BCUT2D eigenvalue weighted by atomic mass is 32.2. The van der Waals surface area contributed by atoms with Gasteiger partial charge in [0.2, 0.25) is 0 Å². The Morgan fingerprint density at radius 1 is 0.889 bits per heavy atom. The van der Waals surface area contributed by atoms with Crippen molar-refractivity contribution in [2.24, 2.45) is 5.10 Å². The molecule has 3 aromatic rings. The molecule has 6 heteroatoms. The molecule has 0 fully saturated rings. The van der Waals surface area contributed by atoms with E-state index in [-0.39, 0.29) is 10.7 Å². The van der Waals surface area contributed by atoms with Gasteiger partial charge in [-0.15, -0.1) is 0 Å². The maximum Gasteiger partial charge on any atom is 0.276 e. The Morgan fingerprint density at radius 3 is 2.07 bits per heavy atom. The molecular formula is C21H19FN2O2S. The smallest absolute Gasteiger partial charge is 0.207 e. The van der Waals surface area contributed by atoms with Crippen LogP contribution in [0, 0.1) is 5.82 Å². The average molecular weight is 382 g/mol. The molecule has 138 valence electrons. The fraction of sp³-hybridized carbons (Fsp3) is 0.0952. The molecule has 0 unspecified atom stereocenters. The van der Waals surface area contributed by atoms with Crippen molar-refractivity contribution in [2.75, 3.05) is 0 Å². The minimum absolute atomic E-state index is 0.134. The minimum Gasteiger partial charge on any atom is -0.207 e. The highest BCUT2D eigenvalue weighted by Gasteiger charge is 2.14. The summed E-state index contributed by atoms with van der Waals surface area (Å²) < 4.78 is 38.4. The SMILES string of the molecule is CCc1ccc(S(=O)(=O)NN=C(c2ccccc2)c2ccc(F)cc2)cc1. The van der Waals surface area contributed by atoms with E-state index in [0.29, 0.717) is 16.8 Å². The third-order valence-electron chi connectivity index (χ3n) is 4.08. The van der Waals surface area contributed by atoms with Gasteiger partial charge in [0.1, 0.15) is 5.82 Å². The standard InChI is InChI=1S/C21H19FN2O2S/c1-2-16-8-14-20(15-9-16)27(25,26)24-23-21(17-6-4-3-5-7-17)18-10-12-19(22)13-11-18/h3-15,24H,2H2,1H3. The quantitative estimate of drug-likeness (QED) is 0.515. The summed E-state index contributed by atoms with van der Waals surface area (Å²) in [4.78, 5) is 2.43. The Balaban J connectivity index is 1.96. The predicted octanol–water partition coefficient (Wildman–Crippen LogP) is 4.12. The van der Waals surface area contributed by atoms with Crippen LogP contribution in [0.25, 0.3) is 0 Å². The molecule has 0 saturated heterocycles. The maximum absolute atomic E-state index is 13.3. The van der Waals surface area contributed by atoms with Crippen molar-refractivity contribution < 1.29 is 12.8 Å². The largest absolute Gasteiger partial charge is 0.276 e. The fourth-order valence-electron chi connectivity index (χ4n) is 2.56. The molecule has 27 heavy (non-hydrogen) atoms. The van der Waals surface area contributed by atoms with E-state index < -0.39 is 10.0 Å². The van der Waals surface area contributed by atoms with Gasteiger partial charge in [-0.2, -0.15) is 18.4 Å². The Morgan fingerprint density at radius 2 is 1.48 bits per heavy atom. The zero-order valence-corrected chi connectivity index (χ0v) is 15.6. The number of benzene rings is 3. The number of rotatable bonds is 6. The highest BCUT2D eigenvalue weighted by molar-refractivity contribution is 7.89. The summed E-state index contributed by atoms with van der Waals surface area (Å²) in [7, 11) is -3.82. The average Bonchev–Trinajstić information content (AvgIpc) is 2.70. The van der Waals surface area contributed by atoms with Crippen LogP contribution >= 0.6 is 0 Å². The summed E-state index contributed by atoms with van der Waals surface area (Å²) in [6.45, 7) is 2.00. The summed E-state index contributed by atoms with van der Waals surface area (Å²) >= 11 is 0. The molecule has 3 aromatic carbocycles. The van der Waals surface area contributed by atoms with E-state index in [4.69, 9.17) is 0 Å². The Kier molecular flexibility index (Phi) is 5.66. The first-order chi connectivity index (χ1) is 13.0.